The Kier molecular flexibility index (Phi) is 11.5. The van der Waals surface area contributed by atoms with E-state index < -0.39 is 10.1 Å². The summed E-state index contributed by atoms with van der Waals surface area (Å²) >= 11 is 0. The van der Waals surface area contributed by atoms with Gasteiger partial charge in [0.25, 0.3) is 0 Å². The molecule has 0 atom stereocenters. The molecule has 108 valence electrons. The monoisotopic (exact) mass is 307 g/mol. The molecule has 0 fully saturated rings. The zero-order chi connectivity index (χ0) is 14.0. The van der Waals surface area contributed by atoms with Gasteiger partial charge in [-0.05, 0) is 25.0 Å². The van der Waals surface area contributed by atoms with Crippen molar-refractivity contribution >= 4 is 15.8 Å². The molecule has 0 saturated carbocycles. The smallest absolute Gasteiger partial charge is 0.748 e. The van der Waals surface area contributed by atoms with Crippen LogP contribution >= 0.6 is 0 Å². The second kappa shape index (κ2) is 11.6. The molecule has 0 aliphatic heterocycles. The van der Waals surface area contributed by atoms with Crippen molar-refractivity contribution in [1.82, 2.24) is 0 Å². The zero-order valence-corrected chi connectivity index (χ0v) is 15.0. The Morgan fingerprint density at radius 3 is 2.05 bits per heavy atom. The molecule has 0 heterocycles. The van der Waals surface area contributed by atoms with Gasteiger partial charge in [0.1, 0.15) is 0 Å². The summed E-state index contributed by atoms with van der Waals surface area (Å²) in [6.07, 6.45) is 5.65. The Morgan fingerprint density at radius 1 is 0.900 bits per heavy atom. The summed E-state index contributed by atoms with van der Waals surface area (Å²) in [5.74, 6) is -0.220. The molecular weight excluding hydrogens is 285 g/mol. The Bertz CT molecular complexity index is 437. The van der Waals surface area contributed by atoms with E-state index in [4.69, 9.17) is 0 Å². The van der Waals surface area contributed by atoms with Crippen LogP contribution in [-0.2, 0) is 10.1 Å². The third-order valence-electron chi connectivity index (χ3n) is 2.92. The van der Waals surface area contributed by atoms with Gasteiger partial charge in [-0.2, -0.15) is 0 Å². The maximum absolute atomic E-state index is 10.4. The molecular formula is C14H22NNaO3S. The van der Waals surface area contributed by atoms with Crippen molar-refractivity contribution in [3.05, 3.63) is 30.3 Å². The molecule has 4 nitrogen and oxygen atoms in total. The molecule has 1 aromatic rings. The van der Waals surface area contributed by atoms with Crippen LogP contribution in [0, 0.1) is 0 Å². The van der Waals surface area contributed by atoms with Crippen molar-refractivity contribution in [3.8, 4) is 0 Å². The number of rotatable bonds is 10. The summed E-state index contributed by atoms with van der Waals surface area (Å²) < 4.78 is 31.1. The standard InChI is InChI=1S/C14H23NO3S.Na/c16-19(17,18)13-9-4-2-1-3-8-12-15-14-10-6-5-7-11-14;/h5-7,10-11,15H,1-4,8-9,12-13H2,(H,16,17,18);/q;+1/p-1. The fourth-order valence-corrected chi connectivity index (χ4v) is 2.46. The zero-order valence-electron chi connectivity index (χ0n) is 12.2. The average Bonchev–Trinajstić information content (AvgIpc) is 2.37. The maximum atomic E-state index is 10.4. The van der Waals surface area contributed by atoms with E-state index in [-0.39, 0.29) is 35.3 Å². The fraction of sp³-hybridized carbons (Fsp3) is 0.571. The van der Waals surface area contributed by atoms with E-state index in [1.54, 1.807) is 0 Å². The summed E-state index contributed by atoms with van der Waals surface area (Å²) in [5, 5.41) is 3.35. The predicted octanol–water partition coefficient (Wildman–Crippen LogP) is -0.0117. The van der Waals surface area contributed by atoms with Crippen LogP contribution in [0.4, 0.5) is 5.69 Å². The van der Waals surface area contributed by atoms with Crippen LogP contribution in [0.15, 0.2) is 30.3 Å². The first-order valence-corrected chi connectivity index (χ1v) is 8.38. The summed E-state index contributed by atoms with van der Waals surface area (Å²) in [7, 11) is -4.02. The molecule has 0 unspecified atom stereocenters. The summed E-state index contributed by atoms with van der Waals surface area (Å²) in [6.45, 7) is 0.957. The fourth-order valence-electron chi connectivity index (χ4n) is 1.90. The Balaban J connectivity index is 0.00000361. The van der Waals surface area contributed by atoms with Gasteiger partial charge in [0.15, 0.2) is 0 Å². The first kappa shape index (κ1) is 19.9. The molecule has 0 aliphatic carbocycles. The molecule has 0 aromatic heterocycles. The van der Waals surface area contributed by atoms with E-state index in [9.17, 15) is 13.0 Å². The minimum atomic E-state index is -4.02. The van der Waals surface area contributed by atoms with Gasteiger partial charge in [0, 0.05) is 18.0 Å². The molecule has 20 heavy (non-hydrogen) atoms. The molecule has 0 aliphatic rings. The van der Waals surface area contributed by atoms with Gasteiger partial charge in [0.2, 0.25) is 0 Å². The van der Waals surface area contributed by atoms with Crippen molar-refractivity contribution < 1.29 is 42.5 Å². The van der Waals surface area contributed by atoms with Crippen LogP contribution in [0.2, 0.25) is 0 Å². The number of hydrogen-bond acceptors (Lipinski definition) is 4. The normalized spacial score (nSPS) is 10.8. The third kappa shape index (κ3) is 11.7. The number of anilines is 1. The van der Waals surface area contributed by atoms with Crippen molar-refractivity contribution in [3.63, 3.8) is 0 Å². The van der Waals surface area contributed by atoms with Crippen LogP contribution in [0.3, 0.4) is 0 Å². The van der Waals surface area contributed by atoms with Crippen LogP contribution in [0.1, 0.15) is 38.5 Å². The quantitative estimate of drug-likeness (QED) is 0.375. The molecule has 1 rings (SSSR count). The molecule has 0 amide bonds. The van der Waals surface area contributed by atoms with Crippen molar-refractivity contribution in [2.24, 2.45) is 0 Å². The maximum Gasteiger partial charge on any atom is 1.00 e. The topological polar surface area (TPSA) is 69.2 Å². The van der Waals surface area contributed by atoms with E-state index in [2.05, 4.69) is 5.32 Å². The number of unbranched alkanes of at least 4 members (excludes halogenated alkanes) is 5. The van der Waals surface area contributed by atoms with Crippen molar-refractivity contribution in [2.45, 2.75) is 38.5 Å². The van der Waals surface area contributed by atoms with Gasteiger partial charge < -0.3 is 9.87 Å². The van der Waals surface area contributed by atoms with Gasteiger partial charge in [-0.1, -0.05) is 43.9 Å². The largest absolute Gasteiger partial charge is 1.00 e. The minimum Gasteiger partial charge on any atom is -0.748 e. The van der Waals surface area contributed by atoms with Crippen LogP contribution in [-0.4, -0.2) is 25.3 Å². The SMILES string of the molecule is O=S(=O)([O-])CCCCCCCCNc1ccccc1.[Na+]. The Morgan fingerprint density at radius 2 is 1.45 bits per heavy atom. The van der Waals surface area contributed by atoms with Crippen molar-refractivity contribution in [2.75, 3.05) is 17.6 Å². The minimum absolute atomic E-state index is 0. The van der Waals surface area contributed by atoms with E-state index in [1.807, 2.05) is 30.3 Å². The summed E-state index contributed by atoms with van der Waals surface area (Å²) in [5.41, 5.74) is 1.14. The first-order chi connectivity index (χ1) is 9.08. The van der Waals surface area contributed by atoms with E-state index in [0.717, 1.165) is 44.3 Å². The molecule has 0 radical (unpaired) electrons. The van der Waals surface area contributed by atoms with Gasteiger partial charge >= 0.3 is 29.6 Å². The number of hydrogen-bond donors (Lipinski definition) is 1. The second-order valence-corrected chi connectivity index (χ2v) is 6.20. The van der Waals surface area contributed by atoms with Gasteiger partial charge in [0.05, 0.1) is 10.1 Å². The number of nitrogens with one attached hydrogen (secondary N) is 1. The molecule has 1 aromatic carbocycles. The summed E-state index contributed by atoms with van der Waals surface area (Å²) in [4.78, 5) is 0. The number of benzene rings is 1. The molecule has 0 spiro atoms. The Hall–Kier alpha value is -0.0700. The van der Waals surface area contributed by atoms with Crippen molar-refractivity contribution in [1.29, 1.82) is 0 Å². The van der Waals surface area contributed by atoms with E-state index in [0.29, 0.717) is 6.42 Å². The first-order valence-electron chi connectivity index (χ1n) is 6.80. The van der Waals surface area contributed by atoms with Gasteiger partial charge in [-0.25, -0.2) is 8.42 Å². The van der Waals surface area contributed by atoms with Gasteiger partial charge in [-0.3, -0.25) is 0 Å². The van der Waals surface area contributed by atoms with E-state index >= 15 is 0 Å². The molecule has 1 N–H and O–H groups in total. The average molecular weight is 307 g/mol. The third-order valence-corrected chi connectivity index (χ3v) is 3.71. The number of para-hydroxylation sites is 1. The van der Waals surface area contributed by atoms with E-state index in [1.165, 1.54) is 0 Å². The van der Waals surface area contributed by atoms with Crippen LogP contribution in [0.5, 0.6) is 0 Å². The van der Waals surface area contributed by atoms with Crippen LogP contribution in [0.25, 0.3) is 0 Å². The Labute approximate surface area is 144 Å². The predicted molar refractivity (Wildman–Crippen MR) is 77.2 cm³/mol. The van der Waals surface area contributed by atoms with Crippen LogP contribution < -0.4 is 34.9 Å². The summed E-state index contributed by atoms with van der Waals surface area (Å²) in [6, 6.07) is 10.1. The van der Waals surface area contributed by atoms with Gasteiger partial charge in [-0.15, -0.1) is 0 Å². The molecule has 0 saturated heterocycles. The second-order valence-electron chi connectivity index (χ2n) is 4.68. The molecule has 6 heteroatoms. The molecule has 0 bridgehead atoms.